The fraction of sp³-hybridized carbons (Fsp3) is 0.341. The molecule has 2 aliphatic rings. The number of carboxylic acids is 1. The highest BCUT2D eigenvalue weighted by Gasteiger charge is 2.39. The lowest BCUT2D eigenvalue weighted by atomic mass is 9.90. The van der Waals surface area contributed by atoms with Gasteiger partial charge in [0.05, 0.1) is 12.7 Å². The zero-order chi connectivity index (χ0) is 36.8. The summed E-state index contributed by atoms with van der Waals surface area (Å²) < 4.78 is 51.7. The highest BCUT2D eigenvalue weighted by molar-refractivity contribution is 5.92. The van der Waals surface area contributed by atoms with Crippen molar-refractivity contribution in [3.8, 4) is 22.6 Å². The van der Waals surface area contributed by atoms with Crippen molar-refractivity contribution in [3.63, 3.8) is 0 Å². The highest BCUT2D eigenvalue weighted by atomic mass is 19.4. The number of aliphatic carboxylic acids is 1. The van der Waals surface area contributed by atoms with E-state index >= 15 is 0 Å². The number of benzene rings is 4. The molecule has 272 valence electrons. The van der Waals surface area contributed by atoms with Crippen LogP contribution in [0.15, 0.2) is 91.0 Å². The van der Waals surface area contributed by atoms with Crippen LogP contribution in [0, 0.1) is 5.92 Å². The number of carbonyl (C=O) groups excluding carboxylic acids is 2. The topological polar surface area (TPSA) is 105 Å². The number of amides is 2. The molecule has 4 aromatic rings. The van der Waals surface area contributed by atoms with Crippen molar-refractivity contribution >= 4 is 17.8 Å². The summed E-state index contributed by atoms with van der Waals surface area (Å²) in [6, 6.07) is 23.6. The number of carbonyl (C=O) groups is 3. The average Bonchev–Trinajstić information content (AvgIpc) is 3.66. The minimum Gasteiger partial charge on any atom is -0.496 e. The Labute approximate surface area is 300 Å². The van der Waals surface area contributed by atoms with E-state index in [0.717, 1.165) is 48.4 Å². The number of alkyl halides is 3. The van der Waals surface area contributed by atoms with E-state index in [2.05, 4.69) is 5.32 Å². The summed E-state index contributed by atoms with van der Waals surface area (Å²) in [7, 11) is 1.17. The van der Waals surface area contributed by atoms with E-state index < -0.39 is 35.7 Å². The van der Waals surface area contributed by atoms with Crippen LogP contribution in [0.4, 0.5) is 13.2 Å². The van der Waals surface area contributed by atoms with Crippen LogP contribution < -0.4 is 14.8 Å². The Balaban J connectivity index is 1.24. The standard InChI is InChI=1S/C41H41F3N2O6/c1-51-36-18-13-28(21-34(36)41(42,43)44)25-52-32-17-16-31-19-20-46(37(47)23-26-7-5-6-8-26)38(33(31)24-32)39(48)45-35(40(49)50)22-27-11-14-30(15-12-27)29-9-3-2-4-10-29/h2-4,9-18,21,24,26,35,38H,5-8,19-20,22-23,25H2,1H3,(H,45,48)(H,49,50)/t35-,38?/m0/s1. The molecule has 0 saturated heterocycles. The van der Waals surface area contributed by atoms with Crippen molar-refractivity contribution in [1.29, 1.82) is 0 Å². The Hall–Kier alpha value is -5.32. The minimum absolute atomic E-state index is 0.0245. The molecule has 1 heterocycles. The molecule has 2 N–H and O–H groups in total. The van der Waals surface area contributed by atoms with Crippen LogP contribution in [0.5, 0.6) is 11.5 Å². The second kappa shape index (κ2) is 15.9. The molecule has 1 saturated carbocycles. The van der Waals surface area contributed by atoms with Gasteiger partial charge in [0.15, 0.2) is 0 Å². The molecule has 6 rings (SSSR count). The predicted octanol–water partition coefficient (Wildman–Crippen LogP) is 7.78. The first-order chi connectivity index (χ1) is 25.0. The third-order valence-corrected chi connectivity index (χ3v) is 9.94. The SMILES string of the molecule is COc1ccc(COc2ccc3c(c2)C(C(=O)N[C@@H](Cc2ccc(-c4ccccc4)cc2)C(=O)O)N(C(=O)CC2CCCC2)CC3)cc1C(F)(F)F. The van der Waals surface area contributed by atoms with Crippen molar-refractivity contribution in [2.24, 2.45) is 5.92 Å². The van der Waals surface area contributed by atoms with Gasteiger partial charge in [0.2, 0.25) is 11.8 Å². The molecule has 1 unspecified atom stereocenters. The first-order valence-electron chi connectivity index (χ1n) is 17.5. The first-order valence-corrected chi connectivity index (χ1v) is 17.5. The molecule has 4 aromatic carbocycles. The fourth-order valence-electron chi connectivity index (χ4n) is 7.20. The number of carboxylic acid groups (broad SMARTS) is 1. The Morgan fingerprint density at radius 2 is 1.60 bits per heavy atom. The maximum Gasteiger partial charge on any atom is 0.419 e. The Bertz CT molecular complexity index is 1890. The zero-order valence-electron chi connectivity index (χ0n) is 28.8. The van der Waals surface area contributed by atoms with E-state index in [1.54, 1.807) is 18.2 Å². The summed E-state index contributed by atoms with van der Waals surface area (Å²) in [6.07, 6.45) is 0.155. The van der Waals surface area contributed by atoms with E-state index in [4.69, 9.17) is 9.47 Å². The maximum absolute atomic E-state index is 14.2. The van der Waals surface area contributed by atoms with Gasteiger partial charge in [-0.1, -0.05) is 79.6 Å². The van der Waals surface area contributed by atoms with Crippen molar-refractivity contribution < 1.29 is 42.1 Å². The van der Waals surface area contributed by atoms with Crippen molar-refractivity contribution in [3.05, 3.63) is 119 Å². The summed E-state index contributed by atoms with van der Waals surface area (Å²) in [5.41, 5.74) is 3.33. The van der Waals surface area contributed by atoms with E-state index in [-0.39, 0.29) is 42.7 Å². The van der Waals surface area contributed by atoms with Crippen molar-refractivity contribution in [2.45, 2.75) is 69.8 Å². The van der Waals surface area contributed by atoms with E-state index in [9.17, 15) is 32.7 Å². The largest absolute Gasteiger partial charge is 0.496 e. The van der Waals surface area contributed by atoms with Gasteiger partial charge < -0.3 is 24.8 Å². The molecule has 0 spiro atoms. The maximum atomic E-state index is 14.2. The fourth-order valence-corrected chi connectivity index (χ4v) is 7.20. The van der Waals surface area contributed by atoms with Crippen molar-refractivity contribution in [1.82, 2.24) is 10.2 Å². The second-order valence-electron chi connectivity index (χ2n) is 13.4. The molecular weight excluding hydrogens is 673 g/mol. The van der Waals surface area contributed by atoms with Crippen LogP contribution >= 0.6 is 0 Å². The van der Waals surface area contributed by atoms with E-state index in [0.29, 0.717) is 29.7 Å². The van der Waals surface area contributed by atoms with Crippen LogP contribution in [0.3, 0.4) is 0 Å². The molecule has 0 aromatic heterocycles. The summed E-state index contributed by atoms with van der Waals surface area (Å²) in [5, 5.41) is 12.9. The van der Waals surface area contributed by atoms with Gasteiger partial charge in [-0.25, -0.2) is 4.79 Å². The molecule has 1 aliphatic carbocycles. The highest BCUT2D eigenvalue weighted by Crippen LogP contribution is 2.38. The molecule has 0 bridgehead atoms. The lowest BCUT2D eigenvalue weighted by Gasteiger charge is -2.37. The molecule has 2 atom stereocenters. The third kappa shape index (κ3) is 8.58. The van der Waals surface area contributed by atoms with Gasteiger partial charge in [-0.15, -0.1) is 0 Å². The summed E-state index contributed by atoms with van der Waals surface area (Å²) >= 11 is 0. The van der Waals surface area contributed by atoms with Gasteiger partial charge in [0.1, 0.15) is 30.2 Å². The molecular formula is C41H41F3N2O6. The molecule has 2 amide bonds. The minimum atomic E-state index is -4.62. The lowest BCUT2D eigenvalue weighted by Crippen LogP contribution is -2.51. The van der Waals surface area contributed by atoms with Gasteiger partial charge >= 0.3 is 12.1 Å². The number of halogens is 3. The summed E-state index contributed by atoms with van der Waals surface area (Å²) in [6.45, 7) is 0.0821. The van der Waals surface area contributed by atoms with Crippen molar-refractivity contribution in [2.75, 3.05) is 13.7 Å². The van der Waals surface area contributed by atoms with Crippen LogP contribution in [0.2, 0.25) is 0 Å². The van der Waals surface area contributed by atoms with Gasteiger partial charge in [-0.2, -0.15) is 13.2 Å². The number of hydrogen-bond acceptors (Lipinski definition) is 5. The molecule has 1 aliphatic heterocycles. The Morgan fingerprint density at radius 1 is 0.904 bits per heavy atom. The number of fused-ring (bicyclic) bond motifs is 1. The molecule has 1 fully saturated rings. The van der Waals surface area contributed by atoms with Crippen LogP contribution in [0.25, 0.3) is 11.1 Å². The molecule has 52 heavy (non-hydrogen) atoms. The Kier molecular flexibility index (Phi) is 11.2. The number of methoxy groups -OCH3 is 1. The van der Waals surface area contributed by atoms with E-state index in [1.165, 1.54) is 24.1 Å². The normalized spacial score (nSPS) is 16.5. The van der Waals surface area contributed by atoms with Gasteiger partial charge in [-0.3, -0.25) is 9.59 Å². The molecule has 8 nitrogen and oxygen atoms in total. The second-order valence-corrected chi connectivity index (χ2v) is 13.4. The van der Waals surface area contributed by atoms with Gasteiger partial charge in [0, 0.05) is 19.4 Å². The number of nitrogens with one attached hydrogen (secondary N) is 1. The van der Waals surface area contributed by atoms with Crippen LogP contribution in [-0.4, -0.2) is 47.5 Å². The lowest BCUT2D eigenvalue weighted by molar-refractivity contribution is -0.145. The molecule has 11 heteroatoms. The summed E-state index contributed by atoms with van der Waals surface area (Å²) in [4.78, 5) is 42.0. The van der Waals surface area contributed by atoms with Crippen LogP contribution in [0.1, 0.15) is 66.0 Å². The summed E-state index contributed by atoms with van der Waals surface area (Å²) in [5.74, 6) is -1.80. The third-order valence-electron chi connectivity index (χ3n) is 9.94. The quantitative estimate of drug-likeness (QED) is 0.155. The number of rotatable bonds is 12. The number of ether oxygens (including phenoxy) is 2. The molecule has 0 radical (unpaired) electrons. The zero-order valence-corrected chi connectivity index (χ0v) is 28.8. The monoisotopic (exact) mass is 714 g/mol. The van der Waals surface area contributed by atoms with Gasteiger partial charge in [0.25, 0.3) is 0 Å². The number of nitrogens with zero attached hydrogens (tertiary/aromatic N) is 1. The average molecular weight is 715 g/mol. The van der Waals surface area contributed by atoms with Gasteiger partial charge in [-0.05, 0) is 82.8 Å². The van der Waals surface area contributed by atoms with E-state index in [1.807, 2.05) is 54.6 Å². The Morgan fingerprint density at radius 3 is 2.27 bits per heavy atom. The van der Waals surface area contributed by atoms with Crippen LogP contribution in [-0.2, 0) is 40.0 Å². The number of hydrogen-bond donors (Lipinski definition) is 2. The smallest absolute Gasteiger partial charge is 0.419 e. The predicted molar refractivity (Wildman–Crippen MR) is 189 cm³/mol. The first kappa shape index (κ1) is 36.5.